The third-order valence-electron chi connectivity index (χ3n) is 3.52. The van der Waals surface area contributed by atoms with Gasteiger partial charge in [0.1, 0.15) is 11.8 Å². The normalized spacial score (nSPS) is 13.9. The molecule has 0 aliphatic rings. The van der Waals surface area contributed by atoms with E-state index in [1.54, 1.807) is 20.4 Å². The minimum Gasteiger partial charge on any atom is -0.493 e. The van der Waals surface area contributed by atoms with Gasteiger partial charge in [0.25, 0.3) is 0 Å². The maximum absolute atomic E-state index is 6.47. The molecule has 1 aromatic carbocycles. The predicted octanol–water partition coefficient (Wildman–Crippen LogP) is 2.69. The van der Waals surface area contributed by atoms with Crippen molar-refractivity contribution >= 4 is 0 Å². The molecule has 2 rings (SSSR count). The Bertz CT molecular complexity index is 554. The molecule has 2 atom stereocenters. The van der Waals surface area contributed by atoms with Crippen LogP contribution < -0.4 is 10.5 Å². The Hall–Kier alpha value is -1.85. The van der Waals surface area contributed by atoms with E-state index in [0.29, 0.717) is 5.75 Å². The maximum atomic E-state index is 6.47. The van der Waals surface area contributed by atoms with Gasteiger partial charge in [-0.1, -0.05) is 37.3 Å². The largest absolute Gasteiger partial charge is 0.493 e. The van der Waals surface area contributed by atoms with Crippen LogP contribution in [0.15, 0.2) is 36.5 Å². The number of ether oxygens (including phenoxy) is 2. The number of aryl methyl sites for hydroxylation is 1. The van der Waals surface area contributed by atoms with Crippen LogP contribution in [-0.4, -0.2) is 24.0 Å². The van der Waals surface area contributed by atoms with Crippen molar-refractivity contribution in [2.75, 3.05) is 14.2 Å². The lowest BCUT2D eigenvalue weighted by Gasteiger charge is -2.24. The molecule has 0 radical (unpaired) electrons. The van der Waals surface area contributed by atoms with E-state index in [4.69, 9.17) is 15.2 Å². The molecule has 0 saturated carbocycles. The number of hydrogen-bond acceptors (Lipinski definition) is 4. The van der Waals surface area contributed by atoms with Gasteiger partial charge in [0.15, 0.2) is 5.75 Å². The topological polar surface area (TPSA) is 62.3 Å². The smallest absolute Gasteiger partial charge is 0.161 e. The molecule has 0 aliphatic carbocycles. The number of aromatic nitrogens is 2. The molecule has 21 heavy (non-hydrogen) atoms. The summed E-state index contributed by atoms with van der Waals surface area (Å²) in [6, 6.07) is 9.62. The fourth-order valence-corrected chi connectivity index (χ4v) is 2.54. The maximum Gasteiger partial charge on any atom is 0.161 e. The van der Waals surface area contributed by atoms with E-state index < -0.39 is 0 Å². The molecule has 5 nitrogen and oxygen atoms in total. The molecule has 2 aromatic rings. The Balaban J connectivity index is 2.37. The van der Waals surface area contributed by atoms with Gasteiger partial charge < -0.3 is 15.2 Å². The van der Waals surface area contributed by atoms with Crippen LogP contribution in [-0.2, 0) is 11.3 Å². The summed E-state index contributed by atoms with van der Waals surface area (Å²) in [6.45, 7) is 2.91. The molecule has 1 aromatic heterocycles. The summed E-state index contributed by atoms with van der Waals surface area (Å²) < 4.78 is 12.9. The van der Waals surface area contributed by atoms with Gasteiger partial charge in [-0.05, 0) is 12.0 Å². The summed E-state index contributed by atoms with van der Waals surface area (Å²) in [6.07, 6.45) is 2.45. The highest BCUT2D eigenvalue weighted by Crippen LogP contribution is 2.34. The molecule has 2 unspecified atom stereocenters. The van der Waals surface area contributed by atoms with Crippen LogP contribution in [0.3, 0.4) is 0 Å². The minimum atomic E-state index is -0.346. The van der Waals surface area contributed by atoms with Crippen molar-refractivity contribution in [1.29, 1.82) is 0 Å². The van der Waals surface area contributed by atoms with Gasteiger partial charge >= 0.3 is 0 Å². The Kier molecular flexibility index (Phi) is 5.36. The summed E-state index contributed by atoms with van der Waals surface area (Å²) in [5.41, 5.74) is 8.38. The Morgan fingerprint density at radius 3 is 2.52 bits per heavy atom. The van der Waals surface area contributed by atoms with Crippen molar-refractivity contribution in [3.63, 3.8) is 0 Å². The Labute approximate surface area is 125 Å². The van der Waals surface area contributed by atoms with E-state index in [1.807, 2.05) is 35.0 Å². The predicted molar refractivity (Wildman–Crippen MR) is 82.2 cm³/mol. The first-order chi connectivity index (χ1) is 10.2. The summed E-state index contributed by atoms with van der Waals surface area (Å²) in [7, 11) is 3.30. The summed E-state index contributed by atoms with van der Waals surface area (Å²) in [5.74, 6) is 0.703. The molecule has 0 spiro atoms. The average Bonchev–Trinajstić information content (AvgIpc) is 2.92. The quantitative estimate of drug-likeness (QED) is 0.851. The van der Waals surface area contributed by atoms with Crippen molar-refractivity contribution in [3.05, 3.63) is 47.8 Å². The van der Waals surface area contributed by atoms with Crippen LogP contribution in [0.1, 0.15) is 36.7 Å². The van der Waals surface area contributed by atoms with Crippen LogP contribution in [0, 0.1) is 0 Å². The molecule has 0 aliphatic heterocycles. The number of methoxy groups -OCH3 is 2. The first-order valence-corrected chi connectivity index (χ1v) is 7.15. The monoisotopic (exact) mass is 289 g/mol. The fourth-order valence-electron chi connectivity index (χ4n) is 2.54. The van der Waals surface area contributed by atoms with Crippen molar-refractivity contribution in [2.45, 2.75) is 32.0 Å². The van der Waals surface area contributed by atoms with E-state index in [9.17, 15) is 0 Å². The van der Waals surface area contributed by atoms with Crippen molar-refractivity contribution in [2.24, 2.45) is 5.73 Å². The molecule has 2 N–H and O–H groups in total. The highest BCUT2D eigenvalue weighted by Gasteiger charge is 2.27. The summed E-state index contributed by atoms with van der Waals surface area (Å²) >= 11 is 0. The van der Waals surface area contributed by atoms with Gasteiger partial charge in [-0.2, -0.15) is 5.10 Å². The van der Waals surface area contributed by atoms with Crippen LogP contribution in [0.2, 0.25) is 0 Å². The number of nitrogens with two attached hydrogens (primary N) is 1. The van der Waals surface area contributed by atoms with Crippen LogP contribution in [0.25, 0.3) is 0 Å². The average molecular weight is 289 g/mol. The molecule has 114 valence electrons. The molecule has 5 heteroatoms. The zero-order valence-electron chi connectivity index (χ0n) is 12.8. The van der Waals surface area contributed by atoms with Gasteiger partial charge in [0, 0.05) is 13.7 Å². The van der Waals surface area contributed by atoms with E-state index >= 15 is 0 Å². The number of rotatable bonds is 7. The lowest BCUT2D eigenvalue weighted by molar-refractivity contribution is 0.0766. The Morgan fingerprint density at radius 2 is 1.95 bits per heavy atom. The van der Waals surface area contributed by atoms with Gasteiger partial charge in [-0.3, -0.25) is 4.68 Å². The molecule has 0 bridgehead atoms. The lowest BCUT2D eigenvalue weighted by Crippen LogP contribution is -2.25. The second-order valence-electron chi connectivity index (χ2n) is 4.91. The third kappa shape index (κ3) is 3.25. The first kappa shape index (κ1) is 15.5. The fraction of sp³-hybridized carbons (Fsp3) is 0.438. The van der Waals surface area contributed by atoms with Crippen molar-refractivity contribution in [3.8, 4) is 5.75 Å². The van der Waals surface area contributed by atoms with E-state index in [-0.39, 0.29) is 12.1 Å². The van der Waals surface area contributed by atoms with Gasteiger partial charge in [0.05, 0.1) is 19.3 Å². The lowest BCUT2D eigenvalue weighted by atomic mass is 9.99. The molecular weight excluding hydrogens is 266 g/mol. The third-order valence-corrected chi connectivity index (χ3v) is 3.52. The molecule has 0 amide bonds. The summed E-state index contributed by atoms with van der Waals surface area (Å²) in [4.78, 5) is 0. The molecular formula is C16H23N3O2. The van der Waals surface area contributed by atoms with Gasteiger partial charge in [-0.25, -0.2) is 0 Å². The van der Waals surface area contributed by atoms with Gasteiger partial charge in [-0.15, -0.1) is 0 Å². The van der Waals surface area contributed by atoms with E-state index in [1.165, 1.54) is 0 Å². The van der Waals surface area contributed by atoms with E-state index in [2.05, 4.69) is 12.0 Å². The molecule has 0 fully saturated rings. The van der Waals surface area contributed by atoms with Crippen LogP contribution in [0.4, 0.5) is 0 Å². The number of nitrogens with zero attached hydrogens (tertiary/aromatic N) is 2. The molecule has 1 heterocycles. The highest BCUT2D eigenvalue weighted by molar-refractivity contribution is 5.31. The molecule has 0 saturated heterocycles. The second kappa shape index (κ2) is 7.24. The second-order valence-corrected chi connectivity index (χ2v) is 4.91. The van der Waals surface area contributed by atoms with Crippen LogP contribution in [0.5, 0.6) is 5.75 Å². The van der Waals surface area contributed by atoms with Crippen molar-refractivity contribution in [1.82, 2.24) is 9.78 Å². The SMILES string of the molecule is CCCn1ncc(OC)c1C(N)C(OC)c1ccccc1. The zero-order chi connectivity index (χ0) is 15.2. The minimum absolute atomic E-state index is 0.243. The first-order valence-electron chi connectivity index (χ1n) is 7.15. The Morgan fingerprint density at radius 1 is 1.24 bits per heavy atom. The van der Waals surface area contributed by atoms with Gasteiger partial charge in [0.2, 0.25) is 0 Å². The van der Waals surface area contributed by atoms with Crippen molar-refractivity contribution < 1.29 is 9.47 Å². The number of hydrogen-bond donors (Lipinski definition) is 1. The van der Waals surface area contributed by atoms with Crippen LogP contribution >= 0.6 is 0 Å². The zero-order valence-corrected chi connectivity index (χ0v) is 12.8. The number of benzene rings is 1. The highest BCUT2D eigenvalue weighted by atomic mass is 16.5. The summed E-state index contributed by atoms with van der Waals surface area (Å²) in [5, 5.41) is 4.36. The standard InChI is InChI=1S/C16H23N3O2/c1-4-10-19-15(13(20-2)11-18-19)14(17)16(21-3)12-8-6-5-7-9-12/h5-9,11,14,16H,4,10,17H2,1-3H3. The van der Waals surface area contributed by atoms with E-state index in [0.717, 1.165) is 24.2 Å².